The summed E-state index contributed by atoms with van der Waals surface area (Å²) in [5, 5.41) is 19.1. The number of rotatable bonds is 4. The Labute approximate surface area is 135 Å². The molecule has 0 aromatic heterocycles. The normalized spacial score (nSPS) is 20.2. The van der Waals surface area contributed by atoms with Gasteiger partial charge in [-0.3, -0.25) is 9.36 Å². The quantitative estimate of drug-likeness (QED) is 0.799. The largest absolute Gasteiger partial charge is 0.352 e. The van der Waals surface area contributed by atoms with Crippen LogP contribution in [-0.2, 0) is 23.6 Å². The molecule has 1 amide bonds. The molecule has 114 valence electrons. The van der Waals surface area contributed by atoms with E-state index in [1.807, 2.05) is 0 Å². The second-order valence-corrected chi connectivity index (χ2v) is 7.81. The first-order valence-electron chi connectivity index (χ1n) is 6.03. The zero-order valence-corrected chi connectivity index (χ0v) is 14.1. The number of nitrogens with one attached hydrogen (secondary N) is 1. The Morgan fingerprint density at radius 2 is 1.91 bits per heavy atom. The molecular formula is C13H11BrN3O4P. The minimum absolute atomic E-state index is 0.229. The van der Waals surface area contributed by atoms with Crippen LogP contribution < -0.4 is 5.32 Å². The molecule has 0 saturated carbocycles. The van der Waals surface area contributed by atoms with Gasteiger partial charge < -0.3 is 14.4 Å². The van der Waals surface area contributed by atoms with Crippen LogP contribution in [0, 0.1) is 28.6 Å². The smallest absolute Gasteiger partial charge is 0.324 e. The van der Waals surface area contributed by atoms with Crippen molar-refractivity contribution in [1.29, 1.82) is 10.5 Å². The van der Waals surface area contributed by atoms with Crippen LogP contribution in [-0.4, -0.2) is 20.1 Å². The third kappa shape index (κ3) is 2.00. The average molecular weight is 384 g/mol. The molecule has 1 atom stereocenters. The van der Waals surface area contributed by atoms with Gasteiger partial charge in [-0.05, 0) is 18.2 Å². The molecule has 0 fully saturated rings. The second kappa shape index (κ2) is 5.83. The van der Waals surface area contributed by atoms with Gasteiger partial charge in [-0.2, -0.15) is 10.5 Å². The van der Waals surface area contributed by atoms with Crippen molar-refractivity contribution in [3.05, 3.63) is 28.2 Å². The van der Waals surface area contributed by atoms with Gasteiger partial charge in [0.05, 0.1) is 12.1 Å². The maximum absolute atomic E-state index is 13.1. The molecule has 1 aromatic rings. The molecule has 0 aliphatic carbocycles. The van der Waals surface area contributed by atoms with Crippen molar-refractivity contribution in [3.8, 4) is 12.1 Å². The summed E-state index contributed by atoms with van der Waals surface area (Å²) in [5.74, 6) is -2.31. The van der Waals surface area contributed by atoms with Crippen LogP contribution in [0.1, 0.15) is 5.56 Å². The Balaban J connectivity index is 2.92. The van der Waals surface area contributed by atoms with Crippen molar-refractivity contribution in [1.82, 2.24) is 0 Å². The second-order valence-electron chi connectivity index (χ2n) is 4.46. The van der Waals surface area contributed by atoms with E-state index in [0.717, 1.165) is 14.2 Å². The van der Waals surface area contributed by atoms with Crippen LogP contribution in [0.15, 0.2) is 22.7 Å². The van der Waals surface area contributed by atoms with Crippen molar-refractivity contribution in [3.63, 3.8) is 0 Å². The fourth-order valence-electron chi connectivity index (χ4n) is 2.58. The topological polar surface area (TPSA) is 112 Å². The lowest BCUT2D eigenvalue weighted by Gasteiger charge is -2.33. The monoisotopic (exact) mass is 383 g/mol. The van der Waals surface area contributed by atoms with Crippen LogP contribution in [0.2, 0.25) is 0 Å². The molecule has 0 radical (unpaired) electrons. The maximum atomic E-state index is 13.1. The van der Waals surface area contributed by atoms with Crippen molar-refractivity contribution < 1.29 is 18.4 Å². The summed E-state index contributed by atoms with van der Waals surface area (Å²) in [7, 11) is -1.91. The summed E-state index contributed by atoms with van der Waals surface area (Å²) < 4.78 is 23.7. The van der Waals surface area contributed by atoms with E-state index in [2.05, 4.69) is 21.2 Å². The molecular weight excluding hydrogens is 373 g/mol. The summed E-state index contributed by atoms with van der Waals surface area (Å²) in [6, 6.07) is 8.25. The van der Waals surface area contributed by atoms with Gasteiger partial charge in [-0.25, -0.2) is 0 Å². The van der Waals surface area contributed by atoms with Crippen molar-refractivity contribution in [2.75, 3.05) is 19.5 Å². The number of halogens is 1. The number of fused-ring (bicyclic) bond motifs is 1. The lowest BCUT2D eigenvalue weighted by Crippen LogP contribution is -2.41. The summed E-state index contributed by atoms with van der Waals surface area (Å²) >= 11 is 3.26. The predicted molar refractivity (Wildman–Crippen MR) is 80.8 cm³/mol. The van der Waals surface area contributed by atoms with Gasteiger partial charge in [0, 0.05) is 29.9 Å². The summed E-state index contributed by atoms with van der Waals surface area (Å²) in [4.78, 5) is 12.6. The molecule has 1 unspecified atom stereocenters. The van der Waals surface area contributed by atoms with E-state index in [9.17, 15) is 19.9 Å². The number of hydrogen-bond donors (Lipinski definition) is 1. The minimum atomic E-state index is -4.14. The third-order valence-corrected chi connectivity index (χ3v) is 6.60. The Bertz CT molecular complexity index is 748. The number of carbonyl (C=O) groups excluding carboxylic acids is 1. The van der Waals surface area contributed by atoms with Crippen molar-refractivity contribution >= 4 is 35.1 Å². The summed E-state index contributed by atoms with van der Waals surface area (Å²) in [5.41, 5.74) is 0.588. The Morgan fingerprint density at radius 3 is 2.41 bits per heavy atom. The van der Waals surface area contributed by atoms with E-state index in [-0.39, 0.29) is 5.56 Å². The summed E-state index contributed by atoms with van der Waals surface area (Å²) in [6.07, 6.45) is 0. The molecule has 1 aromatic carbocycles. The van der Waals surface area contributed by atoms with Gasteiger partial charge in [0.25, 0.3) is 0 Å². The number of benzene rings is 1. The van der Waals surface area contributed by atoms with Gasteiger partial charge in [-0.1, -0.05) is 15.9 Å². The fraction of sp³-hybridized carbons (Fsp3) is 0.308. The van der Waals surface area contributed by atoms with Gasteiger partial charge in [0.2, 0.25) is 11.1 Å². The highest BCUT2D eigenvalue weighted by molar-refractivity contribution is 9.10. The molecule has 0 spiro atoms. The molecule has 0 bridgehead atoms. The highest BCUT2D eigenvalue weighted by atomic mass is 79.9. The molecule has 1 heterocycles. The molecule has 22 heavy (non-hydrogen) atoms. The van der Waals surface area contributed by atoms with Crippen LogP contribution in [0.4, 0.5) is 5.69 Å². The first-order chi connectivity index (χ1) is 10.4. The number of nitriles is 2. The number of hydrogen-bond acceptors (Lipinski definition) is 6. The van der Waals surface area contributed by atoms with Crippen molar-refractivity contribution in [2.24, 2.45) is 5.92 Å². The number of nitrogens with zero attached hydrogens (tertiary/aromatic N) is 2. The molecule has 1 aliphatic heterocycles. The fourth-order valence-corrected chi connectivity index (χ4v) is 4.88. The van der Waals surface area contributed by atoms with Crippen LogP contribution >= 0.6 is 23.5 Å². The van der Waals surface area contributed by atoms with Crippen LogP contribution in [0.25, 0.3) is 0 Å². The zero-order valence-electron chi connectivity index (χ0n) is 11.7. The number of amides is 1. The van der Waals surface area contributed by atoms with E-state index in [1.54, 1.807) is 24.3 Å². The van der Waals surface area contributed by atoms with Crippen molar-refractivity contribution in [2.45, 2.75) is 5.16 Å². The Kier molecular flexibility index (Phi) is 4.42. The zero-order chi connectivity index (χ0) is 16.5. The maximum Gasteiger partial charge on any atom is 0.352 e. The van der Waals surface area contributed by atoms with E-state index < -0.39 is 24.6 Å². The van der Waals surface area contributed by atoms with Gasteiger partial charge in [0.15, 0.2) is 5.92 Å². The lowest BCUT2D eigenvalue weighted by molar-refractivity contribution is -0.119. The molecule has 1 aliphatic rings. The van der Waals surface area contributed by atoms with Crippen LogP contribution in [0.5, 0.6) is 0 Å². The molecule has 7 nitrogen and oxygen atoms in total. The number of carbonyl (C=O) groups is 1. The summed E-state index contributed by atoms with van der Waals surface area (Å²) in [6.45, 7) is 0. The molecule has 0 saturated heterocycles. The van der Waals surface area contributed by atoms with E-state index in [1.165, 1.54) is 6.07 Å². The predicted octanol–water partition coefficient (Wildman–Crippen LogP) is 2.75. The Morgan fingerprint density at radius 1 is 1.32 bits per heavy atom. The highest BCUT2D eigenvalue weighted by Crippen LogP contribution is 2.70. The van der Waals surface area contributed by atoms with E-state index >= 15 is 0 Å². The van der Waals surface area contributed by atoms with Crippen LogP contribution in [0.3, 0.4) is 0 Å². The molecule has 1 N–H and O–H groups in total. The first kappa shape index (κ1) is 16.7. The SMILES string of the molecule is COP(=O)(OC)C1(C(C#N)C#N)C(=O)Nc2ccc(Br)cc21. The standard InChI is InChI=1S/C13H11BrN3O4P/c1-20-22(19,21-2)13(8(6-15)7-16)10-5-9(14)3-4-11(10)17-12(13)18/h3-5,8H,1-2H3,(H,17,18). The van der Waals surface area contributed by atoms with E-state index in [4.69, 9.17) is 9.05 Å². The van der Waals surface area contributed by atoms with Gasteiger partial charge in [0.1, 0.15) is 0 Å². The number of anilines is 1. The van der Waals surface area contributed by atoms with E-state index in [0.29, 0.717) is 10.2 Å². The minimum Gasteiger partial charge on any atom is -0.324 e. The first-order valence-corrected chi connectivity index (χ1v) is 8.37. The Hall–Kier alpha value is -1.70. The average Bonchev–Trinajstić information content (AvgIpc) is 2.81. The lowest BCUT2D eigenvalue weighted by atomic mass is 9.87. The third-order valence-electron chi connectivity index (χ3n) is 3.58. The highest BCUT2D eigenvalue weighted by Gasteiger charge is 2.66. The van der Waals surface area contributed by atoms with Gasteiger partial charge >= 0.3 is 7.60 Å². The molecule has 9 heteroatoms. The van der Waals surface area contributed by atoms with Gasteiger partial charge in [-0.15, -0.1) is 0 Å². The molecule has 2 rings (SSSR count).